The fourth-order valence-corrected chi connectivity index (χ4v) is 4.27. The van der Waals surface area contributed by atoms with Gasteiger partial charge in [-0.3, -0.25) is 4.79 Å². The molecule has 1 aliphatic heterocycles. The highest BCUT2D eigenvalue weighted by molar-refractivity contribution is 5.93. The lowest BCUT2D eigenvalue weighted by Gasteiger charge is -2.47. The van der Waals surface area contributed by atoms with Crippen molar-refractivity contribution >= 4 is 11.9 Å². The smallest absolute Gasteiger partial charge is 0.416 e. The fourth-order valence-electron chi connectivity index (χ4n) is 4.27. The van der Waals surface area contributed by atoms with Crippen LogP contribution in [0.4, 0.5) is 13.2 Å². The quantitative estimate of drug-likeness (QED) is 0.252. The molecule has 9 nitrogen and oxygen atoms in total. The van der Waals surface area contributed by atoms with Crippen molar-refractivity contribution in [1.82, 2.24) is 5.32 Å². The summed E-state index contributed by atoms with van der Waals surface area (Å²) in [5.74, 6) is -5.12. The maximum absolute atomic E-state index is 13.6. The molecule has 0 aromatic heterocycles. The zero-order valence-electron chi connectivity index (χ0n) is 21.1. The molecule has 0 saturated carbocycles. The number of allylic oxidation sites excluding steroid dienone is 1. The summed E-state index contributed by atoms with van der Waals surface area (Å²) in [5, 5.41) is 23.4. The predicted molar refractivity (Wildman–Crippen MR) is 123 cm³/mol. The van der Waals surface area contributed by atoms with Gasteiger partial charge >= 0.3 is 18.1 Å². The molecule has 0 radical (unpaired) electrons. The van der Waals surface area contributed by atoms with Crippen LogP contribution >= 0.6 is 0 Å². The van der Waals surface area contributed by atoms with E-state index in [1.54, 1.807) is 13.8 Å². The molecule has 0 saturated heterocycles. The van der Waals surface area contributed by atoms with Crippen LogP contribution in [0.2, 0.25) is 0 Å². The summed E-state index contributed by atoms with van der Waals surface area (Å²) in [5.41, 5.74) is -3.64. The van der Waals surface area contributed by atoms with E-state index in [0.717, 1.165) is 18.2 Å². The predicted octanol–water partition coefficient (Wildman–Crippen LogP) is 3.39. The number of nitriles is 1. The van der Waals surface area contributed by atoms with Gasteiger partial charge in [-0.25, -0.2) is 4.79 Å². The second-order valence-electron chi connectivity index (χ2n) is 8.11. The number of carbonyl (C=O) groups is 2. The summed E-state index contributed by atoms with van der Waals surface area (Å²) in [6.45, 7) is 5.91. The zero-order valence-corrected chi connectivity index (χ0v) is 21.1. The first kappa shape index (κ1) is 30.1. The Bertz CT molecular complexity index is 1030. The molecular weight excluding hydrogens is 497 g/mol. The number of esters is 2. The molecule has 0 aliphatic carbocycles. The Morgan fingerprint density at radius 3 is 2.35 bits per heavy atom. The number of halogens is 3. The number of aliphatic hydroxyl groups is 1. The molecule has 0 spiro atoms. The Morgan fingerprint density at radius 2 is 1.81 bits per heavy atom. The molecule has 12 heteroatoms. The van der Waals surface area contributed by atoms with E-state index in [1.165, 1.54) is 19.9 Å². The SMILES string of the molecule is CCOC(=O)[C@@H]1[C@@H](c2cccc(C(F)(F)F)c2)C(C(=O)OCCC#N)=C(C)N[C@@]1(O)C(OCC)OCC. The summed E-state index contributed by atoms with van der Waals surface area (Å²) in [6.07, 6.45) is -6.30. The number of benzene rings is 1. The lowest BCUT2D eigenvalue weighted by molar-refractivity contribution is -0.266. The topological polar surface area (TPSA) is 127 Å². The summed E-state index contributed by atoms with van der Waals surface area (Å²) < 4.78 is 62.3. The van der Waals surface area contributed by atoms with Crippen molar-refractivity contribution in [3.8, 4) is 6.07 Å². The van der Waals surface area contributed by atoms with Crippen LogP contribution in [-0.4, -0.2) is 55.5 Å². The second kappa shape index (κ2) is 12.9. The first-order chi connectivity index (χ1) is 17.5. The minimum atomic E-state index is -4.72. The Kier molecular flexibility index (Phi) is 10.5. The Hall–Kier alpha value is -3.14. The summed E-state index contributed by atoms with van der Waals surface area (Å²) in [4.78, 5) is 26.5. The number of carbonyl (C=O) groups excluding carboxylic acids is 2. The van der Waals surface area contributed by atoms with Crippen molar-refractivity contribution < 1.29 is 46.8 Å². The van der Waals surface area contributed by atoms with Crippen molar-refractivity contribution in [3.63, 3.8) is 0 Å². The molecule has 2 rings (SSSR count). The van der Waals surface area contributed by atoms with Crippen molar-refractivity contribution in [2.75, 3.05) is 26.4 Å². The zero-order chi connectivity index (χ0) is 27.8. The number of alkyl halides is 3. The second-order valence-corrected chi connectivity index (χ2v) is 8.11. The lowest BCUT2D eigenvalue weighted by atomic mass is 9.71. The van der Waals surface area contributed by atoms with Crippen LogP contribution in [0.15, 0.2) is 35.5 Å². The standard InChI is InChI=1S/C25H31F3N2O7/c1-5-34-22(32)20-19(16-10-8-11-17(14-16)25(26,27)28)18(21(31)37-13-9-12-29)15(4)30-24(20,33)23(35-6-2)36-7-3/h8,10-11,14,19-20,23,30,33H,5-7,9,13H2,1-4H3/t19-,20-,24-/m0/s1. The molecule has 0 fully saturated rings. The Morgan fingerprint density at radius 1 is 1.16 bits per heavy atom. The van der Waals surface area contributed by atoms with Gasteiger partial charge in [-0.1, -0.05) is 18.2 Å². The molecule has 1 aromatic rings. The molecule has 2 N–H and O–H groups in total. The molecular formula is C25H31F3N2O7. The molecule has 3 atom stereocenters. The van der Waals surface area contributed by atoms with E-state index in [4.69, 9.17) is 24.2 Å². The number of nitrogens with one attached hydrogen (secondary N) is 1. The number of nitrogens with zero attached hydrogens (tertiary/aromatic N) is 1. The number of ether oxygens (including phenoxy) is 4. The molecule has 0 amide bonds. The van der Waals surface area contributed by atoms with Crippen LogP contribution < -0.4 is 5.32 Å². The molecule has 204 valence electrons. The van der Waals surface area contributed by atoms with Crippen molar-refractivity contribution in [2.45, 2.75) is 58.2 Å². The molecule has 1 aromatic carbocycles. The maximum Gasteiger partial charge on any atom is 0.416 e. The van der Waals surface area contributed by atoms with Crippen molar-refractivity contribution in [3.05, 3.63) is 46.7 Å². The van der Waals surface area contributed by atoms with Crippen LogP contribution in [0.1, 0.15) is 51.2 Å². The van der Waals surface area contributed by atoms with E-state index in [0.29, 0.717) is 0 Å². The molecule has 0 unspecified atom stereocenters. The average Bonchev–Trinajstić information content (AvgIpc) is 2.83. The number of hydrogen-bond acceptors (Lipinski definition) is 9. The minimum absolute atomic E-state index is 0.0248. The van der Waals surface area contributed by atoms with Gasteiger partial charge in [0, 0.05) is 24.8 Å². The van der Waals surface area contributed by atoms with Gasteiger partial charge in [0.2, 0.25) is 12.0 Å². The first-order valence-corrected chi connectivity index (χ1v) is 11.8. The highest BCUT2D eigenvalue weighted by Gasteiger charge is 2.59. The van der Waals surface area contributed by atoms with Gasteiger partial charge in [0.15, 0.2) is 0 Å². The summed E-state index contributed by atoms with van der Waals surface area (Å²) in [7, 11) is 0. The van der Waals surface area contributed by atoms with Crippen LogP contribution in [0.5, 0.6) is 0 Å². The highest BCUT2D eigenvalue weighted by atomic mass is 19.4. The minimum Gasteiger partial charge on any atom is -0.466 e. The van der Waals surface area contributed by atoms with E-state index in [2.05, 4.69) is 5.32 Å². The largest absolute Gasteiger partial charge is 0.466 e. The van der Waals surface area contributed by atoms with Crippen molar-refractivity contribution in [2.24, 2.45) is 5.92 Å². The van der Waals surface area contributed by atoms with E-state index in [9.17, 15) is 27.9 Å². The van der Waals surface area contributed by atoms with Crippen LogP contribution in [0.25, 0.3) is 0 Å². The van der Waals surface area contributed by atoms with E-state index < -0.39 is 47.5 Å². The molecule has 37 heavy (non-hydrogen) atoms. The molecule has 0 bridgehead atoms. The molecule has 1 heterocycles. The molecule has 1 aliphatic rings. The Balaban J connectivity index is 2.84. The Labute approximate surface area is 213 Å². The van der Waals surface area contributed by atoms with Gasteiger partial charge in [0.1, 0.15) is 12.5 Å². The van der Waals surface area contributed by atoms with E-state index >= 15 is 0 Å². The third-order valence-corrected chi connectivity index (χ3v) is 5.69. The highest BCUT2D eigenvalue weighted by Crippen LogP contribution is 2.46. The van der Waals surface area contributed by atoms with Gasteiger partial charge in [-0.15, -0.1) is 0 Å². The van der Waals surface area contributed by atoms with Crippen LogP contribution in [0, 0.1) is 17.2 Å². The summed E-state index contributed by atoms with van der Waals surface area (Å²) in [6, 6.07) is 5.92. The third kappa shape index (κ3) is 6.80. The fraction of sp³-hybridized carbons (Fsp3) is 0.560. The van der Waals surface area contributed by atoms with E-state index in [1.807, 2.05) is 6.07 Å². The monoisotopic (exact) mass is 528 g/mol. The maximum atomic E-state index is 13.6. The van der Waals surface area contributed by atoms with Gasteiger partial charge in [0.05, 0.1) is 30.2 Å². The lowest BCUT2D eigenvalue weighted by Crippen LogP contribution is -2.66. The van der Waals surface area contributed by atoms with Gasteiger partial charge in [0.25, 0.3) is 0 Å². The normalized spacial score (nSPS) is 21.8. The van der Waals surface area contributed by atoms with Crippen molar-refractivity contribution in [1.29, 1.82) is 5.26 Å². The van der Waals surface area contributed by atoms with Gasteiger partial charge in [-0.2, -0.15) is 18.4 Å². The van der Waals surface area contributed by atoms with Gasteiger partial charge < -0.3 is 29.4 Å². The summed E-state index contributed by atoms with van der Waals surface area (Å²) >= 11 is 0. The van der Waals surface area contributed by atoms with Crippen LogP contribution in [0.3, 0.4) is 0 Å². The first-order valence-electron chi connectivity index (χ1n) is 11.8. The van der Waals surface area contributed by atoms with Crippen LogP contribution in [-0.2, 0) is 34.7 Å². The number of hydrogen-bond donors (Lipinski definition) is 2. The van der Waals surface area contributed by atoms with Gasteiger partial charge in [-0.05, 0) is 39.3 Å². The number of rotatable bonds is 11. The van der Waals surface area contributed by atoms with E-state index in [-0.39, 0.29) is 49.7 Å². The third-order valence-electron chi connectivity index (χ3n) is 5.69. The average molecular weight is 529 g/mol.